The zero-order valence-corrected chi connectivity index (χ0v) is 15.8. The summed E-state index contributed by atoms with van der Waals surface area (Å²) in [5, 5.41) is 0. The van der Waals surface area contributed by atoms with Crippen molar-refractivity contribution in [1.82, 2.24) is 4.57 Å². The monoisotopic (exact) mass is 370 g/mol. The number of rotatable bonds is 7. The summed E-state index contributed by atoms with van der Waals surface area (Å²) in [6.45, 7) is 3.79. The Bertz CT molecular complexity index is 945. The van der Waals surface area contributed by atoms with E-state index in [2.05, 4.69) is 4.99 Å². The Labute approximate surface area is 156 Å². The molecule has 0 saturated carbocycles. The Morgan fingerprint density at radius 3 is 2.69 bits per heavy atom. The molecule has 1 heterocycles. The van der Waals surface area contributed by atoms with E-state index in [0.29, 0.717) is 24.6 Å². The minimum absolute atomic E-state index is 0.160. The molecule has 5 nitrogen and oxygen atoms in total. The van der Waals surface area contributed by atoms with Crippen LogP contribution < -0.4 is 9.54 Å². The first-order chi connectivity index (χ1) is 12.7. The first-order valence-corrected chi connectivity index (χ1v) is 9.40. The number of thiazole rings is 1. The Kier molecular flexibility index (Phi) is 6.20. The number of hydrogen-bond donors (Lipinski definition) is 0. The van der Waals surface area contributed by atoms with Crippen molar-refractivity contribution < 1.29 is 14.3 Å². The van der Waals surface area contributed by atoms with Crippen molar-refractivity contribution >= 4 is 27.5 Å². The van der Waals surface area contributed by atoms with Gasteiger partial charge >= 0.3 is 0 Å². The third kappa shape index (κ3) is 4.20. The second-order valence-corrected chi connectivity index (χ2v) is 6.72. The van der Waals surface area contributed by atoms with Crippen molar-refractivity contribution in [3.05, 3.63) is 58.9 Å². The van der Waals surface area contributed by atoms with Crippen LogP contribution in [-0.4, -0.2) is 30.8 Å². The highest BCUT2D eigenvalue weighted by atomic mass is 32.1. The summed E-state index contributed by atoms with van der Waals surface area (Å²) < 4.78 is 14.1. The molecule has 0 N–H and O–H groups in total. The van der Waals surface area contributed by atoms with Gasteiger partial charge in [0.15, 0.2) is 4.80 Å². The molecule has 3 aromatic rings. The Balaban J connectivity index is 2.00. The number of fused-ring (bicyclic) bond motifs is 1. The van der Waals surface area contributed by atoms with Gasteiger partial charge in [0.25, 0.3) is 5.91 Å². The highest BCUT2D eigenvalue weighted by Crippen LogP contribution is 2.27. The molecule has 0 aliphatic heterocycles. The van der Waals surface area contributed by atoms with E-state index in [9.17, 15) is 4.79 Å². The number of nitrogens with zero attached hydrogens (tertiary/aromatic N) is 2. The molecular formula is C20H22N2O3S. The van der Waals surface area contributed by atoms with Gasteiger partial charge in [-0.05, 0) is 24.6 Å². The molecule has 0 saturated heterocycles. The lowest BCUT2D eigenvalue weighted by atomic mass is 10.1. The van der Waals surface area contributed by atoms with E-state index in [1.165, 1.54) is 11.3 Å². The quantitative estimate of drug-likeness (QED) is 0.599. The molecule has 6 heteroatoms. The fourth-order valence-electron chi connectivity index (χ4n) is 2.77. The van der Waals surface area contributed by atoms with Crippen LogP contribution in [0.1, 0.15) is 12.5 Å². The van der Waals surface area contributed by atoms with Crippen LogP contribution in [0.4, 0.5) is 0 Å². The van der Waals surface area contributed by atoms with Crippen LogP contribution in [0, 0.1) is 0 Å². The minimum Gasteiger partial charge on any atom is -0.495 e. The second-order valence-electron chi connectivity index (χ2n) is 5.71. The van der Waals surface area contributed by atoms with Gasteiger partial charge in [-0.3, -0.25) is 4.79 Å². The molecule has 2 aromatic carbocycles. The number of methoxy groups -OCH3 is 1. The summed E-state index contributed by atoms with van der Waals surface area (Å²) in [4.78, 5) is 17.5. The largest absolute Gasteiger partial charge is 0.495 e. The maximum atomic E-state index is 12.5. The van der Waals surface area contributed by atoms with Gasteiger partial charge in [-0.15, -0.1) is 0 Å². The molecule has 0 bridgehead atoms. The molecule has 0 aliphatic rings. The van der Waals surface area contributed by atoms with Crippen molar-refractivity contribution in [3.63, 3.8) is 0 Å². The van der Waals surface area contributed by atoms with Crippen LogP contribution >= 0.6 is 11.3 Å². The van der Waals surface area contributed by atoms with Crippen LogP contribution in [-0.2, 0) is 22.5 Å². The molecule has 1 aromatic heterocycles. The van der Waals surface area contributed by atoms with Gasteiger partial charge in [0, 0.05) is 13.2 Å². The first kappa shape index (κ1) is 18.4. The molecule has 136 valence electrons. The smallest absolute Gasteiger partial charge is 0.252 e. The third-order valence-electron chi connectivity index (χ3n) is 3.97. The number of carbonyl (C=O) groups excluding carboxylic acids is 1. The maximum Gasteiger partial charge on any atom is 0.252 e. The summed E-state index contributed by atoms with van der Waals surface area (Å²) >= 11 is 1.49. The van der Waals surface area contributed by atoms with E-state index >= 15 is 0 Å². The molecule has 0 radical (unpaired) electrons. The van der Waals surface area contributed by atoms with Crippen molar-refractivity contribution in [1.29, 1.82) is 0 Å². The topological polar surface area (TPSA) is 52.8 Å². The van der Waals surface area contributed by atoms with Gasteiger partial charge in [-0.25, -0.2) is 0 Å². The number of hydrogen-bond acceptors (Lipinski definition) is 4. The third-order valence-corrected chi connectivity index (χ3v) is 5.01. The first-order valence-electron chi connectivity index (χ1n) is 8.58. The van der Waals surface area contributed by atoms with Gasteiger partial charge in [-0.2, -0.15) is 4.99 Å². The summed E-state index contributed by atoms with van der Waals surface area (Å²) in [5.74, 6) is 0.610. The maximum absolute atomic E-state index is 12.5. The number of aromatic nitrogens is 1. The molecular weight excluding hydrogens is 348 g/mol. The highest BCUT2D eigenvalue weighted by molar-refractivity contribution is 7.16. The normalized spacial score (nSPS) is 11.8. The number of benzene rings is 2. The predicted octanol–water partition coefficient (Wildman–Crippen LogP) is 3.42. The highest BCUT2D eigenvalue weighted by Gasteiger charge is 2.12. The molecule has 3 rings (SSSR count). The molecule has 0 aliphatic carbocycles. The lowest BCUT2D eigenvalue weighted by Gasteiger charge is -2.08. The number of para-hydroxylation sites is 1. The molecule has 0 unspecified atom stereocenters. The summed E-state index contributed by atoms with van der Waals surface area (Å²) in [7, 11) is 1.65. The Hall–Kier alpha value is -2.44. The Morgan fingerprint density at radius 2 is 1.96 bits per heavy atom. The van der Waals surface area contributed by atoms with E-state index in [4.69, 9.17) is 9.47 Å². The lowest BCUT2D eigenvalue weighted by molar-refractivity contribution is -0.117. The van der Waals surface area contributed by atoms with E-state index < -0.39 is 0 Å². The lowest BCUT2D eigenvalue weighted by Crippen LogP contribution is -2.20. The van der Waals surface area contributed by atoms with Gasteiger partial charge in [0.2, 0.25) is 0 Å². The van der Waals surface area contributed by atoms with E-state index in [1.807, 2.05) is 60.0 Å². The predicted molar refractivity (Wildman–Crippen MR) is 104 cm³/mol. The fourth-order valence-corrected chi connectivity index (χ4v) is 3.86. The summed E-state index contributed by atoms with van der Waals surface area (Å²) in [6, 6.07) is 15.5. The van der Waals surface area contributed by atoms with Crippen LogP contribution in [0.25, 0.3) is 10.2 Å². The molecule has 0 atom stereocenters. The fraction of sp³-hybridized carbons (Fsp3) is 0.300. The second kappa shape index (κ2) is 8.78. The van der Waals surface area contributed by atoms with Crippen molar-refractivity contribution in [2.75, 3.05) is 20.3 Å². The number of amides is 1. The van der Waals surface area contributed by atoms with Crippen molar-refractivity contribution in [3.8, 4) is 5.75 Å². The number of ether oxygens (including phenoxy) is 2. The van der Waals surface area contributed by atoms with E-state index in [0.717, 1.165) is 21.5 Å². The molecule has 0 spiro atoms. The molecule has 26 heavy (non-hydrogen) atoms. The number of carbonyl (C=O) groups is 1. The molecule has 0 fully saturated rings. The standard InChI is InChI=1S/C20H22N2O3S/c1-3-25-13-12-22-19-16(24-2)10-7-11-17(19)26-20(22)21-18(23)14-15-8-5-4-6-9-15/h4-11H,3,12-14H2,1-2H3. The summed E-state index contributed by atoms with van der Waals surface area (Å²) in [5.41, 5.74) is 1.91. The van der Waals surface area contributed by atoms with Crippen LogP contribution in [0.5, 0.6) is 5.75 Å². The van der Waals surface area contributed by atoms with Crippen molar-refractivity contribution in [2.45, 2.75) is 19.9 Å². The minimum atomic E-state index is -0.160. The van der Waals surface area contributed by atoms with E-state index in [-0.39, 0.29) is 12.3 Å². The van der Waals surface area contributed by atoms with Gasteiger partial charge < -0.3 is 14.0 Å². The van der Waals surface area contributed by atoms with Gasteiger partial charge in [-0.1, -0.05) is 47.7 Å². The molecule has 1 amide bonds. The Morgan fingerprint density at radius 1 is 1.15 bits per heavy atom. The zero-order valence-electron chi connectivity index (χ0n) is 15.0. The average Bonchev–Trinajstić information content (AvgIpc) is 3.00. The van der Waals surface area contributed by atoms with Crippen LogP contribution in [0.2, 0.25) is 0 Å². The van der Waals surface area contributed by atoms with Gasteiger partial charge in [0.05, 0.1) is 24.8 Å². The van der Waals surface area contributed by atoms with E-state index in [1.54, 1.807) is 7.11 Å². The summed E-state index contributed by atoms with van der Waals surface area (Å²) in [6.07, 6.45) is 0.289. The van der Waals surface area contributed by atoms with Gasteiger partial charge in [0.1, 0.15) is 11.3 Å². The zero-order chi connectivity index (χ0) is 18.4. The van der Waals surface area contributed by atoms with Crippen molar-refractivity contribution in [2.24, 2.45) is 4.99 Å². The average molecular weight is 370 g/mol. The van der Waals surface area contributed by atoms with Crippen LogP contribution in [0.3, 0.4) is 0 Å². The van der Waals surface area contributed by atoms with Crippen LogP contribution in [0.15, 0.2) is 53.5 Å². The SMILES string of the molecule is CCOCCn1c(=NC(=O)Cc2ccccc2)sc2cccc(OC)c21.